The highest BCUT2D eigenvalue weighted by Crippen LogP contribution is 2.30. The minimum Gasteiger partial charge on any atom is -0.464 e. The van der Waals surface area contributed by atoms with Crippen molar-refractivity contribution in [3.8, 4) is 5.19 Å². The molecule has 7 nitrogen and oxygen atoms in total. The fraction of sp³-hybridized carbons (Fsp3) is 0.739. The minimum absolute atomic E-state index is 0.0437. The Bertz CT molecular complexity index is 928. The van der Waals surface area contributed by atoms with Gasteiger partial charge in [0, 0.05) is 37.4 Å². The molecule has 0 saturated heterocycles. The third kappa shape index (κ3) is 7.64. The van der Waals surface area contributed by atoms with Gasteiger partial charge in [-0.3, -0.25) is 4.79 Å². The molecule has 3 heterocycles. The van der Waals surface area contributed by atoms with E-state index in [0.717, 1.165) is 85.7 Å². The van der Waals surface area contributed by atoms with E-state index in [1.54, 1.807) is 0 Å². The molecule has 1 aliphatic carbocycles. The largest absolute Gasteiger partial charge is 0.464 e. The highest BCUT2D eigenvalue weighted by Gasteiger charge is 2.26. The standard InChI is InChI=1S/C23H33F2N5O2S2/c1-15-28-29-21(33-15)13-20(31)26-17-5-3-16(4-6-17)7-10-30-11-8-18-19(9-12-30)34-22(27-18)32-14-23(2,24)25/h16-17H,3-14H2,1-2H3,(H,26,31). The monoisotopic (exact) mass is 513 g/mol. The SMILES string of the molecule is Cc1nnc(CC(=O)NC2CCC(CCN3CCc4nc(OCC(C)(F)F)sc4CC3)CC2)s1. The van der Waals surface area contributed by atoms with Crippen LogP contribution in [0.4, 0.5) is 8.78 Å². The van der Waals surface area contributed by atoms with E-state index in [1.165, 1.54) is 29.1 Å². The number of aromatic nitrogens is 3. The van der Waals surface area contributed by atoms with Crippen LogP contribution in [-0.4, -0.2) is 64.2 Å². The predicted octanol–water partition coefficient (Wildman–Crippen LogP) is 4.05. The maximum absolute atomic E-state index is 13.0. The zero-order chi connectivity index (χ0) is 24.1. The van der Waals surface area contributed by atoms with Gasteiger partial charge >= 0.3 is 0 Å². The summed E-state index contributed by atoms with van der Waals surface area (Å²) in [7, 11) is 0. The van der Waals surface area contributed by atoms with Gasteiger partial charge < -0.3 is 15.0 Å². The number of ether oxygens (including phenoxy) is 1. The van der Waals surface area contributed by atoms with Crippen LogP contribution in [0.1, 0.15) is 59.6 Å². The molecule has 2 aromatic rings. The van der Waals surface area contributed by atoms with Crippen LogP contribution in [0, 0.1) is 12.8 Å². The van der Waals surface area contributed by atoms with Crippen molar-refractivity contribution in [2.45, 2.75) is 77.2 Å². The van der Waals surface area contributed by atoms with Crippen LogP contribution in [0.5, 0.6) is 5.19 Å². The van der Waals surface area contributed by atoms with Crippen LogP contribution in [0.2, 0.25) is 0 Å². The molecule has 0 spiro atoms. The second-order valence-corrected chi connectivity index (χ2v) is 11.8. The Morgan fingerprint density at radius 1 is 1.18 bits per heavy atom. The number of rotatable bonds is 9. The van der Waals surface area contributed by atoms with E-state index in [0.29, 0.717) is 17.5 Å². The number of carbonyl (C=O) groups excluding carboxylic acids is 1. The number of hydrogen-bond acceptors (Lipinski definition) is 8. The topological polar surface area (TPSA) is 80.2 Å². The molecule has 1 fully saturated rings. The molecule has 1 N–H and O–H groups in total. The fourth-order valence-corrected chi connectivity index (χ4v) is 6.30. The average Bonchev–Trinajstić information content (AvgIpc) is 3.32. The van der Waals surface area contributed by atoms with Crippen LogP contribution < -0.4 is 10.1 Å². The fourth-order valence-electron chi connectivity index (χ4n) is 4.65. The van der Waals surface area contributed by atoms with Crippen molar-refractivity contribution < 1.29 is 18.3 Å². The summed E-state index contributed by atoms with van der Waals surface area (Å²) in [4.78, 5) is 20.4. The van der Waals surface area contributed by atoms with E-state index in [9.17, 15) is 13.6 Å². The Balaban J connectivity index is 1.13. The summed E-state index contributed by atoms with van der Waals surface area (Å²) >= 11 is 2.89. The van der Waals surface area contributed by atoms with Crippen molar-refractivity contribution >= 4 is 28.6 Å². The molecule has 0 unspecified atom stereocenters. The Labute approximate surface area is 207 Å². The van der Waals surface area contributed by atoms with Gasteiger partial charge in [0.1, 0.15) is 10.0 Å². The van der Waals surface area contributed by atoms with E-state index in [4.69, 9.17) is 4.74 Å². The highest BCUT2D eigenvalue weighted by molar-refractivity contribution is 7.13. The van der Waals surface area contributed by atoms with Crippen molar-refractivity contribution in [3.63, 3.8) is 0 Å². The number of halogens is 2. The van der Waals surface area contributed by atoms with Gasteiger partial charge in [0.2, 0.25) is 5.91 Å². The second kappa shape index (κ2) is 11.3. The van der Waals surface area contributed by atoms with Crippen LogP contribution in [0.15, 0.2) is 0 Å². The first-order valence-corrected chi connectivity index (χ1v) is 13.7. The van der Waals surface area contributed by atoms with Crippen molar-refractivity contribution in [2.24, 2.45) is 5.92 Å². The summed E-state index contributed by atoms with van der Waals surface area (Å²) in [6, 6.07) is 0.266. The molecule has 11 heteroatoms. The van der Waals surface area contributed by atoms with Gasteiger partial charge in [-0.1, -0.05) is 11.3 Å². The molecule has 1 saturated carbocycles. The van der Waals surface area contributed by atoms with Crippen molar-refractivity contribution in [1.82, 2.24) is 25.4 Å². The summed E-state index contributed by atoms with van der Waals surface area (Å²) < 4.78 is 31.2. The number of amides is 1. The van der Waals surface area contributed by atoms with Gasteiger partial charge in [-0.05, 0) is 57.9 Å². The molecule has 0 bridgehead atoms. The predicted molar refractivity (Wildman–Crippen MR) is 129 cm³/mol. The maximum atomic E-state index is 13.0. The van der Waals surface area contributed by atoms with E-state index < -0.39 is 12.5 Å². The lowest BCUT2D eigenvalue weighted by atomic mass is 9.84. The maximum Gasteiger partial charge on any atom is 0.278 e. The van der Waals surface area contributed by atoms with Gasteiger partial charge in [-0.2, -0.15) is 0 Å². The lowest BCUT2D eigenvalue weighted by molar-refractivity contribution is -0.121. The quantitative estimate of drug-likeness (QED) is 0.545. The second-order valence-electron chi connectivity index (χ2n) is 9.52. The first-order valence-electron chi connectivity index (χ1n) is 12.0. The molecule has 4 rings (SSSR count). The molecule has 2 aromatic heterocycles. The number of hydrogen-bond donors (Lipinski definition) is 1. The smallest absolute Gasteiger partial charge is 0.278 e. The number of nitrogens with one attached hydrogen (secondary N) is 1. The summed E-state index contributed by atoms with van der Waals surface area (Å²) in [6.45, 7) is 5.10. The lowest BCUT2D eigenvalue weighted by Gasteiger charge is -2.30. The van der Waals surface area contributed by atoms with E-state index >= 15 is 0 Å². The van der Waals surface area contributed by atoms with Crippen molar-refractivity contribution in [1.29, 1.82) is 0 Å². The molecular weight excluding hydrogens is 480 g/mol. The zero-order valence-corrected chi connectivity index (χ0v) is 21.5. The number of fused-ring (bicyclic) bond motifs is 1. The van der Waals surface area contributed by atoms with Crippen LogP contribution >= 0.6 is 22.7 Å². The van der Waals surface area contributed by atoms with Gasteiger partial charge in [-0.15, -0.1) is 21.5 Å². The van der Waals surface area contributed by atoms with Gasteiger partial charge in [0.25, 0.3) is 11.1 Å². The summed E-state index contributed by atoms with van der Waals surface area (Å²) in [5.41, 5.74) is 1.00. The third-order valence-electron chi connectivity index (χ3n) is 6.47. The highest BCUT2D eigenvalue weighted by atomic mass is 32.1. The minimum atomic E-state index is -2.84. The molecular formula is C23H33F2N5O2S2. The van der Waals surface area contributed by atoms with E-state index in [-0.39, 0.29) is 11.9 Å². The Kier molecular flexibility index (Phi) is 8.47. The number of nitrogens with zero attached hydrogens (tertiary/aromatic N) is 4. The molecule has 1 aliphatic heterocycles. The number of alkyl halides is 2. The number of thiazole rings is 1. The van der Waals surface area contributed by atoms with Crippen molar-refractivity contribution in [2.75, 3.05) is 26.2 Å². The first kappa shape index (κ1) is 25.4. The third-order valence-corrected chi connectivity index (χ3v) is 8.38. The normalized spacial score (nSPS) is 21.6. The molecule has 0 radical (unpaired) electrons. The first-order chi connectivity index (χ1) is 16.2. The zero-order valence-electron chi connectivity index (χ0n) is 19.8. The number of carbonyl (C=O) groups is 1. The summed E-state index contributed by atoms with van der Waals surface area (Å²) in [5.74, 6) is -2.10. The average molecular weight is 514 g/mol. The molecule has 34 heavy (non-hydrogen) atoms. The van der Waals surface area contributed by atoms with E-state index in [1.807, 2.05) is 6.92 Å². The Morgan fingerprint density at radius 3 is 2.65 bits per heavy atom. The molecule has 0 aromatic carbocycles. The van der Waals surface area contributed by atoms with E-state index in [2.05, 4.69) is 25.4 Å². The van der Waals surface area contributed by atoms with Gasteiger partial charge in [0.05, 0.1) is 12.1 Å². The molecule has 188 valence electrons. The summed E-state index contributed by atoms with van der Waals surface area (Å²) in [6.07, 6.45) is 7.59. The van der Waals surface area contributed by atoms with Gasteiger partial charge in [-0.25, -0.2) is 13.8 Å². The molecule has 1 amide bonds. The molecule has 2 aliphatic rings. The van der Waals surface area contributed by atoms with Crippen molar-refractivity contribution in [3.05, 3.63) is 20.6 Å². The number of aryl methyl sites for hydroxylation is 1. The van der Waals surface area contributed by atoms with Gasteiger partial charge in [0.15, 0.2) is 6.61 Å². The molecule has 0 atom stereocenters. The Hall–Kier alpha value is -1.72. The van der Waals surface area contributed by atoms with Crippen LogP contribution in [0.3, 0.4) is 0 Å². The van der Waals surface area contributed by atoms with Crippen LogP contribution in [0.25, 0.3) is 0 Å². The Morgan fingerprint density at radius 2 is 1.94 bits per heavy atom. The lowest BCUT2D eigenvalue weighted by Crippen LogP contribution is -2.39. The van der Waals surface area contributed by atoms with Crippen LogP contribution in [-0.2, 0) is 24.1 Å². The summed E-state index contributed by atoms with van der Waals surface area (Å²) in [5, 5.41) is 13.2.